The van der Waals surface area contributed by atoms with Crippen molar-refractivity contribution in [1.29, 1.82) is 0 Å². The Hall–Kier alpha value is -2.56. The predicted molar refractivity (Wildman–Crippen MR) is 78.5 cm³/mol. The van der Waals surface area contributed by atoms with Gasteiger partial charge in [-0.3, -0.25) is 4.79 Å². The van der Waals surface area contributed by atoms with Crippen LogP contribution in [0.2, 0.25) is 0 Å². The van der Waals surface area contributed by atoms with Gasteiger partial charge in [-0.05, 0) is 51.0 Å². The number of phenols is 2. The minimum absolute atomic E-state index is 0.0339. The molecule has 0 aromatic heterocycles. The SMILES string of the molecule is C/C(=C\C(=O)c1cc(O)ccc1O)CC/C=C(\C)C(=O)O. The van der Waals surface area contributed by atoms with Crippen LogP contribution in [0.15, 0.2) is 41.5 Å². The second kappa shape index (κ2) is 7.28. The fourth-order valence-corrected chi connectivity index (χ4v) is 1.70. The highest BCUT2D eigenvalue weighted by molar-refractivity contribution is 6.07. The highest BCUT2D eigenvalue weighted by atomic mass is 16.4. The average Bonchev–Trinajstić information content (AvgIpc) is 2.41. The van der Waals surface area contributed by atoms with E-state index in [1.807, 2.05) is 0 Å². The van der Waals surface area contributed by atoms with E-state index >= 15 is 0 Å². The van der Waals surface area contributed by atoms with Gasteiger partial charge < -0.3 is 15.3 Å². The Labute approximate surface area is 122 Å². The molecule has 0 aliphatic heterocycles. The molecule has 3 N–H and O–H groups in total. The molecule has 0 bridgehead atoms. The zero-order valence-corrected chi connectivity index (χ0v) is 12.0. The van der Waals surface area contributed by atoms with E-state index in [1.165, 1.54) is 31.2 Å². The molecule has 0 unspecified atom stereocenters. The Kier molecular flexibility index (Phi) is 5.72. The Morgan fingerprint density at radius 3 is 2.48 bits per heavy atom. The molecule has 0 fully saturated rings. The third-order valence-electron chi connectivity index (χ3n) is 2.95. The number of carboxylic acid groups (broad SMARTS) is 1. The lowest BCUT2D eigenvalue weighted by atomic mass is 10.0. The molecule has 112 valence electrons. The van der Waals surface area contributed by atoms with Crippen molar-refractivity contribution < 1.29 is 24.9 Å². The van der Waals surface area contributed by atoms with Crippen molar-refractivity contribution in [2.45, 2.75) is 26.7 Å². The van der Waals surface area contributed by atoms with Crippen LogP contribution >= 0.6 is 0 Å². The van der Waals surface area contributed by atoms with Gasteiger partial charge in [-0.25, -0.2) is 4.79 Å². The van der Waals surface area contributed by atoms with Gasteiger partial charge in [0.15, 0.2) is 5.78 Å². The number of carboxylic acids is 1. The van der Waals surface area contributed by atoms with Gasteiger partial charge in [-0.2, -0.15) is 0 Å². The van der Waals surface area contributed by atoms with Gasteiger partial charge in [0, 0.05) is 5.57 Å². The molecule has 0 aliphatic rings. The summed E-state index contributed by atoms with van der Waals surface area (Å²) in [5.74, 6) is -1.65. The van der Waals surface area contributed by atoms with E-state index < -0.39 is 11.8 Å². The van der Waals surface area contributed by atoms with Crippen molar-refractivity contribution in [2.75, 3.05) is 0 Å². The van der Waals surface area contributed by atoms with Crippen LogP contribution in [0.3, 0.4) is 0 Å². The number of ketones is 1. The highest BCUT2D eigenvalue weighted by Gasteiger charge is 2.10. The van der Waals surface area contributed by atoms with Crippen LogP contribution in [0.1, 0.15) is 37.0 Å². The van der Waals surface area contributed by atoms with Crippen LogP contribution in [0, 0.1) is 0 Å². The summed E-state index contributed by atoms with van der Waals surface area (Å²) < 4.78 is 0. The number of carbonyl (C=O) groups is 2. The van der Waals surface area contributed by atoms with Gasteiger partial charge in [-0.1, -0.05) is 11.6 Å². The summed E-state index contributed by atoms with van der Waals surface area (Å²) in [4.78, 5) is 22.6. The molecule has 1 rings (SSSR count). The molecule has 5 heteroatoms. The lowest BCUT2D eigenvalue weighted by molar-refractivity contribution is -0.132. The zero-order chi connectivity index (χ0) is 16.0. The molecule has 0 atom stereocenters. The van der Waals surface area contributed by atoms with E-state index in [2.05, 4.69) is 0 Å². The van der Waals surface area contributed by atoms with Gasteiger partial charge in [0.25, 0.3) is 0 Å². The Bertz CT molecular complexity index is 611. The van der Waals surface area contributed by atoms with Crippen molar-refractivity contribution in [3.05, 3.63) is 47.1 Å². The number of allylic oxidation sites excluding steroid dienone is 3. The first-order chi connectivity index (χ1) is 9.81. The van der Waals surface area contributed by atoms with E-state index in [4.69, 9.17) is 5.11 Å². The van der Waals surface area contributed by atoms with E-state index in [9.17, 15) is 19.8 Å². The number of rotatable bonds is 6. The molecular weight excluding hydrogens is 272 g/mol. The Morgan fingerprint density at radius 2 is 1.86 bits per heavy atom. The monoisotopic (exact) mass is 290 g/mol. The number of hydrogen-bond acceptors (Lipinski definition) is 4. The lowest BCUT2D eigenvalue weighted by Gasteiger charge is -2.03. The molecule has 0 aliphatic carbocycles. The molecule has 0 heterocycles. The molecule has 0 saturated carbocycles. The van der Waals surface area contributed by atoms with Crippen LogP contribution in [0.5, 0.6) is 11.5 Å². The first-order valence-electron chi connectivity index (χ1n) is 6.44. The van der Waals surface area contributed by atoms with E-state index in [1.54, 1.807) is 13.0 Å². The van der Waals surface area contributed by atoms with Gasteiger partial charge in [0.1, 0.15) is 11.5 Å². The maximum Gasteiger partial charge on any atom is 0.330 e. The van der Waals surface area contributed by atoms with Crippen molar-refractivity contribution in [2.24, 2.45) is 0 Å². The summed E-state index contributed by atoms with van der Waals surface area (Å²) in [5.41, 5.74) is 1.06. The average molecular weight is 290 g/mol. The van der Waals surface area contributed by atoms with Crippen molar-refractivity contribution >= 4 is 11.8 Å². The Morgan fingerprint density at radius 1 is 1.19 bits per heavy atom. The summed E-state index contributed by atoms with van der Waals surface area (Å²) >= 11 is 0. The van der Waals surface area contributed by atoms with Crippen LogP contribution in [-0.4, -0.2) is 27.1 Å². The molecule has 0 saturated heterocycles. The summed E-state index contributed by atoms with van der Waals surface area (Å²) in [6.07, 6.45) is 4.02. The van der Waals surface area contributed by atoms with Gasteiger partial charge in [-0.15, -0.1) is 0 Å². The van der Waals surface area contributed by atoms with Crippen molar-refractivity contribution in [1.82, 2.24) is 0 Å². The van der Waals surface area contributed by atoms with Crippen LogP contribution < -0.4 is 0 Å². The van der Waals surface area contributed by atoms with E-state index in [0.29, 0.717) is 12.8 Å². The topological polar surface area (TPSA) is 94.8 Å². The first-order valence-corrected chi connectivity index (χ1v) is 6.44. The second-order valence-electron chi connectivity index (χ2n) is 4.79. The van der Waals surface area contributed by atoms with Gasteiger partial charge in [0.05, 0.1) is 5.56 Å². The number of aromatic hydroxyl groups is 2. The molecule has 0 radical (unpaired) electrons. The maximum atomic E-state index is 12.0. The minimum Gasteiger partial charge on any atom is -0.508 e. The van der Waals surface area contributed by atoms with Crippen LogP contribution in [-0.2, 0) is 4.79 Å². The third kappa shape index (κ3) is 5.14. The fourth-order valence-electron chi connectivity index (χ4n) is 1.70. The standard InChI is InChI=1S/C16H18O5/c1-10(4-3-5-11(2)16(20)21)8-15(19)13-9-12(17)6-7-14(13)18/h5-9,17-18H,3-4H2,1-2H3,(H,20,21)/b10-8+,11-5+. The molecule has 21 heavy (non-hydrogen) atoms. The van der Waals surface area contributed by atoms with E-state index in [-0.39, 0.29) is 22.6 Å². The van der Waals surface area contributed by atoms with Crippen molar-refractivity contribution in [3.8, 4) is 11.5 Å². The van der Waals surface area contributed by atoms with Crippen LogP contribution in [0.25, 0.3) is 0 Å². The minimum atomic E-state index is -0.961. The molecular formula is C16H18O5. The lowest BCUT2D eigenvalue weighted by Crippen LogP contribution is -1.97. The molecule has 0 amide bonds. The first kappa shape index (κ1) is 16.5. The predicted octanol–water partition coefficient (Wildman–Crippen LogP) is 3.04. The number of aliphatic carboxylic acids is 1. The number of phenolic OH excluding ortho intramolecular Hbond substituents is 2. The molecule has 0 spiro atoms. The third-order valence-corrected chi connectivity index (χ3v) is 2.95. The molecule has 1 aromatic rings. The van der Waals surface area contributed by atoms with Crippen molar-refractivity contribution in [3.63, 3.8) is 0 Å². The number of benzene rings is 1. The largest absolute Gasteiger partial charge is 0.508 e. The van der Waals surface area contributed by atoms with Crippen LogP contribution in [0.4, 0.5) is 0 Å². The summed E-state index contributed by atoms with van der Waals surface area (Å²) in [7, 11) is 0. The molecule has 1 aromatic carbocycles. The summed E-state index contributed by atoms with van der Waals surface area (Å²) in [5, 5.41) is 27.6. The number of carbonyl (C=O) groups excluding carboxylic acids is 1. The van der Waals surface area contributed by atoms with Gasteiger partial charge in [0.2, 0.25) is 0 Å². The molecule has 5 nitrogen and oxygen atoms in total. The smallest absolute Gasteiger partial charge is 0.330 e. The van der Waals surface area contributed by atoms with E-state index in [0.717, 1.165) is 5.57 Å². The fraction of sp³-hybridized carbons (Fsp3) is 0.250. The zero-order valence-electron chi connectivity index (χ0n) is 12.0. The highest BCUT2D eigenvalue weighted by Crippen LogP contribution is 2.23. The summed E-state index contributed by atoms with van der Waals surface area (Å²) in [6.45, 7) is 3.26. The van der Waals surface area contributed by atoms with Gasteiger partial charge >= 0.3 is 5.97 Å². The normalized spacial score (nSPS) is 12.3. The quantitative estimate of drug-likeness (QED) is 0.425. The number of hydrogen-bond donors (Lipinski definition) is 3. The maximum absolute atomic E-state index is 12.0. The second-order valence-corrected chi connectivity index (χ2v) is 4.79. The summed E-state index contributed by atoms with van der Waals surface area (Å²) in [6, 6.07) is 3.75. The Balaban J connectivity index is 2.74.